The summed E-state index contributed by atoms with van der Waals surface area (Å²) in [4.78, 5) is 9.47. The SMILES string of the molecule is ClCc1ccc(N2CCN(C3CC3)CC2)nc1. The number of alkyl halides is 1. The lowest BCUT2D eigenvalue weighted by Crippen LogP contribution is -2.47. The summed E-state index contributed by atoms with van der Waals surface area (Å²) in [7, 11) is 0. The highest BCUT2D eigenvalue weighted by Gasteiger charge is 2.31. The highest BCUT2D eigenvalue weighted by molar-refractivity contribution is 6.17. The molecule has 3 rings (SSSR count). The Bertz CT molecular complexity index is 367. The second-order valence-electron chi connectivity index (χ2n) is 4.91. The van der Waals surface area contributed by atoms with Crippen LogP contribution in [-0.4, -0.2) is 42.1 Å². The van der Waals surface area contributed by atoms with Gasteiger partial charge in [-0.25, -0.2) is 4.98 Å². The third-order valence-corrected chi connectivity index (χ3v) is 3.97. The van der Waals surface area contributed by atoms with Crippen molar-refractivity contribution < 1.29 is 0 Å². The largest absolute Gasteiger partial charge is 0.354 e. The molecule has 0 atom stereocenters. The zero-order chi connectivity index (χ0) is 11.7. The fraction of sp³-hybridized carbons (Fsp3) is 0.615. The smallest absolute Gasteiger partial charge is 0.128 e. The van der Waals surface area contributed by atoms with Crippen LogP contribution in [0.2, 0.25) is 0 Å². The molecule has 0 amide bonds. The first-order valence-corrected chi connectivity index (χ1v) is 6.90. The Morgan fingerprint density at radius 2 is 1.94 bits per heavy atom. The maximum Gasteiger partial charge on any atom is 0.128 e. The Hall–Kier alpha value is -0.800. The summed E-state index contributed by atoms with van der Waals surface area (Å²) >= 11 is 5.77. The lowest BCUT2D eigenvalue weighted by atomic mass is 10.2. The number of nitrogens with zero attached hydrogens (tertiary/aromatic N) is 3. The molecule has 17 heavy (non-hydrogen) atoms. The van der Waals surface area contributed by atoms with Gasteiger partial charge in [0.2, 0.25) is 0 Å². The first-order valence-electron chi connectivity index (χ1n) is 6.37. The molecule has 1 aromatic heterocycles. The van der Waals surface area contributed by atoms with Crippen molar-refractivity contribution in [3.8, 4) is 0 Å². The van der Waals surface area contributed by atoms with Crippen molar-refractivity contribution in [1.82, 2.24) is 9.88 Å². The van der Waals surface area contributed by atoms with Gasteiger partial charge in [0.05, 0.1) is 0 Å². The molecule has 4 heteroatoms. The number of pyridine rings is 1. The zero-order valence-corrected chi connectivity index (χ0v) is 10.7. The maximum atomic E-state index is 5.77. The van der Waals surface area contributed by atoms with E-state index in [0.717, 1.165) is 30.5 Å². The minimum absolute atomic E-state index is 0.544. The van der Waals surface area contributed by atoms with Crippen LogP contribution in [0.1, 0.15) is 18.4 Å². The number of aromatic nitrogens is 1. The molecule has 2 heterocycles. The highest BCUT2D eigenvalue weighted by atomic mass is 35.5. The standard InChI is InChI=1S/C13H18ClN3/c14-9-11-1-4-13(15-10-11)17-7-5-16(6-8-17)12-2-3-12/h1,4,10,12H,2-3,5-9H2. The van der Waals surface area contributed by atoms with Crippen molar-refractivity contribution in [2.45, 2.75) is 24.8 Å². The van der Waals surface area contributed by atoms with Gasteiger partial charge in [-0.15, -0.1) is 11.6 Å². The van der Waals surface area contributed by atoms with Gasteiger partial charge < -0.3 is 4.90 Å². The fourth-order valence-electron chi connectivity index (χ4n) is 2.44. The summed E-state index contributed by atoms with van der Waals surface area (Å²) in [5, 5.41) is 0. The van der Waals surface area contributed by atoms with E-state index in [4.69, 9.17) is 11.6 Å². The van der Waals surface area contributed by atoms with E-state index in [-0.39, 0.29) is 0 Å². The summed E-state index contributed by atoms with van der Waals surface area (Å²) in [6, 6.07) is 5.05. The van der Waals surface area contributed by atoms with Gasteiger partial charge >= 0.3 is 0 Å². The summed E-state index contributed by atoms with van der Waals surface area (Å²) < 4.78 is 0. The van der Waals surface area contributed by atoms with Crippen molar-refractivity contribution in [2.75, 3.05) is 31.1 Å². The molecular weight excluding hydrogens is 234 g/mol. The van der Waals surface area contributed by atoms with E-state index in [9.17, 15) is 0 Å². The molecular formula is C13H18ClN3. The molecule has 1 saturated carbocycles. The zero-order valence-electron chi connectivity index (χ0n) is 9.98. The quantitative estimate of drug-likeness (QED) is 0.767. The van der Waals surface area contributed by atoms with Crippen LogP contribution in [0.15, 0.2) is 18.3 Å². The molecule has 2 aliphatic rings. The fourth-order valence-corrected chi connectivity index (χ4v) is 2.60. The molecule has 92 valence electrons. The van der Waals surface area contributed by atoms with E-state index in [1.54, 1.807) is 0 Å². The minimum Gasteiger partial charge on any atom is -0.354 e. The van der Waals surface area contributed by atoms with E-state index in [2.05, 4.69) is 26.9 Å². The van der Waals surface area contributed by atoms with E-state index < -0.39 is 0 Å². The second kappa shape index (κ2) is 4.83. The van der Waals surface area contributed by atoms with Crippen molar-refractivity contribution in [3.05, 3.63) is 23.9 Å². The molecule has 0 unspecified atom stereocenters. The van der Waals surface area contributed by atoms with E-state index in [1.807, 2.05) is 6.20 Å². The number of hydrogen-bond donors (Lipinski definition) is 0. The van der Waals surface area contributed by atoms with Crippen LogP contribution in [0.5, 0.6) is 0 Å². The number of halogens is 1. The normalized spacial score (nSPS) is 21.8. The Kier molecular flexibility index (Phi) is 3.21. The summed E-state index contributed by atoms with van der Waals surface area (Å²) in [5.74, 6) is 1.64. The lowest BCUT2D eigenvalue weighted by Gasteiger charge is -2.35. The number of hydrogen-bond acceptors (Lipinski definition) is 3. The Balaban J connectivity index is 1.60. The van der Waals surface area contributed by atoms with Crippen LogP contribution < -0.4 is 4.90 Å². The van der Waals surface area contributed by atoms with Crippen molar-refractivity contribution in [1.29, 1.82) is 0 Å². The topological polar surface area (TPSA) is 19.4 Å². The Morgan fingerprint density at radius 3 is 2.47 bits per heavy atom. The highest BCUT2D eigenvalue weighted by Crippen LogP contribution is 2.28. The van der Waals surface area contributed by atoms with Crippen LogP contribution >= 0.6 is 11.6 Å². The van der Waals surface area contributed by atoms with Gasteiger partial charge in [0, 0.05) is 44.3 Å². The number of piperazine rings is 1. The van der Waals surface area contributed by atoms with Gasteiger partial charge in [0.1, 0.15) is 5.82 Å². The van der Waals surface area contributed by atoms with E-state index >= 15 is 0 Å². The van der Waals surface area contributed by atoms with Crippen molar-refractivity contribution in [2.24, 2.45) is 0 Å². The van der Waals surface area contributed by atoms with Crippen LogP contribution in [-0.2, 0) is 5.88 Å². The molecule has 0 radical (unpaired) electrons. The first-order chi connectivity index (χ1) is 8.36. The molecule has 1 aromatic rings. The van der Waals surface area contributed by atoms with Gasteiger partial charge in [-0.2, -0.15) is 0 Å². The summed E-state index contributed by atoms with van der Waals surface area (Å²) in [6.45, 7) is 4.57. The molecule has 1 saturated heterocycles. The number of rotatable bonds is 3. The van der Waals surface area contributed by atoms with E-state index in [0.29, 0.717) is 5.88 Å². The average molecular weight is 252 g/mol. The summed E-state index contributed by atoms with van der Waals surface area (Å²) in [6.07, 6.45) is 4.70. The third kappa shape index (κ3) is 2.55. The van der Waals surface area contributed by atoms with Gasteiger partial charge in [0.25, 0.3) is 0 Å². The molecule has 0 aromatic carbocycles. The predicted molar refractivity (Wildman–Crippen MR) is 70.6 cm³/mol. The van der Waals surface area contributed by atoms with Crippen molar-refractivity contribution in [3.63, 3.8) is 0 Å². The monoisotopic (exact) mass is 251 g/mol. The van der Waals surface area contributed by atoms with Gasteiger partial charge in [0.15, 0.2) is 0 Å². The first kappa shape index (κ1) is 11.3. The van der Waals surface area contributed by atoms with E-state index in [1.165, 1.54) is 25.9 Å². The average Bonchev–Trinajstić information content (AvgIpc) is 3.24. The third-order valence-electron chi connectivity index (χ3n) is 3.66. The number of anilines is 1. The molecule has 0 spiro atoms. The molecule has 0 N–H and O–H groups in total. The maximum absolute atomic E-state index is 5.77. The molecule has 2 fully saturated rings. The molecule has 1 aliphatic carbocycles. The van der Waals surface area contributed by atoms with Crippen LogP contribution in [0.3, 0.4) is 0 Å². The second-order valence-corrected chi connectivity index (χ2v) is 5.18. The van der Waals surface area contributed by atoms with Gasteiger partial charge in [-0.05, 0) is 24.5 Å². The predicted octanol–water partition coefficient (Wildman–Crippen LogP) is 2.10. The van der Waals surface area contributed by atoms with Gasteiger partial charge in [-0.1, -0.05) is 6.07 Å². The molecule has 1 aliphatic heterocycles. The van der Waals surface area contributed by atoms with Crippen molar-refractivity contribution >= 4 is 17.4 Å². The van der Waals surface area contributed by atoms with Gasteiger partial charge in [-0.3, -0.25) is 4.90 Å². The minimum atomic E-state index is 0.544. The Labute approximate surface area is 107 Å². The Morgan fingerprint density at radius 1 is 1.18 bits per heavy atom. The summed E-state index contributed by atoms with van der Waals surface area (Å²) in [5.41, 5.74) is 1.09. The van der Waals surface area contributed by atoms with Crippen LogP contribution in [0, 0.1) is 0 Å². The molecule has 3 nitrogen and oxygen atoms in total. The molecule has 0 bridgehead atoms. The van der Waals surface area contributed by atoms with Crippen LogP contribution in [0.4, 0.5) is 5.82 Å². The van der Waals surface area contributed by atoms with Crippen LogP contribution in [0.25, 0.3) is 0 Å². The lowest BCUT2D eigenvalue weighted by molar-refractivity contribution is 0.247.